The van der Waals surface area contributed by atoms with Crippen molar-refractivity contribution < 1.29 is 14.0 Å². The third-order valence-electron chi connectivity index (χ3n) is 5.58. The second-order valence-corrected chi connectivity index (χ2v) is 7.21. The Morgan fingerprint density at radius 1 is 1.19 bits per heavy atom. The van der Waals surface area contributed by atoms with Crippen LogP contribution in [-0.4, -0.2) is 24.0 Å². The summed E-state index contributed by atoms with van der Waals surface area (Å²) in [5.41, 5.74) is 7.04. The predicted molar refractivity (Wildman–Crippen MR) is 101 cm³/mol. The molecular weight excluding hydrogens is 345 g/mol. The Morgan fingerprint density at radius 2 is 2.11 bits per heavy atom. The topological polar surface area (TPSA) is 66.2 Å². The molecule has 0 spiro atoms. The van der Waals surface area contributed by atoms with Gasteiger partial charge in [0, 0.05) is 28.6 Å². The third kappa shape index (κ3) is 2.72. The van der Waals surface area contributed by atoms with E-state index in [4.69, 9.17) is 4.84 Å². The number of amides is 1. The van der Waals surface area contributed by atoms with Gasteiger partial charge in [-0.25, -0.2) is 9.87 Å². The minimum absolute atomic E-state index is 0.184. The van der Waals surface area contributed by atoms with Crippen molar-refractivity contribution in [3.8, 4) is 11.3 Å². The molecule has 2 aromatic carbocycles. The van der Waals surface area contributed by atoms with Gasteiger partial charge in [-0.05, 0) is 49.1 Å². The molecule has 1 saturated heterocycles. The quantitative estimate of drug-likeness (QED) is 0.650. The fourth-order valence-electron chi connectivity index (χ4n) is 4.26. The number of nitrogens with one attached hydrogen (secondary N) is 3. The zero-order valence-corrected chi connectivity index (χ0v) is 14.8. The SMILES string of the molecule is O=C1NOCc2c(-c3ccc([C@@H]4CCCNC4)c(F)c3)[nH]c3cccc1c23. The Bertz CT molecular complexity index is 1040. The number of aromatic amines is 1. The molecule has 27 heavy (non-hydrogen) atoms. The van der Waals surface area contributed by atoms with Crippen molar-refractivity contribution >= 4 is 16.8 Å². The summed E-state index contributed by atoms with van der Waals surface area (Å²) >= 11 is 0. The Hall–Kier alpha value is -2.70. The maximum absolute atomic E-state index is 14.9. The van der Waals surface area contributed by atoms with E-state index < -0.39 is 0 Å². The van der Waals surface area contributed by atoms with Crippen LogP contribution in [0, 0.1) is 5.82 Å². The number of hydrogen-bond donors (Lipinski definition) is 3. The number of aromatic nitrogens is 1. The van der Waals surface area contributed by atoms with E-state index in [1.54, 1.807) is 12.1 Å². The van der Waals surface area contributed by atoms with Gasteiger partial charge in [-0.3, -0.25) is 9.63 Å². The van der Waals surface area contributed by atoms with E-state index in [-0.39, 0.29) is 24.2 Å². The summed E-state index contributed by atoms with van der Waals surface area (Å²) in [4.78, 5) is 20.9. The molecule has 0 bridgehead atoms. The summed E-state index contributed by atoms with van der Waals surface area (Å²) in [5, 5.41) is 4.18. The summed E-state index contributed by atoms with van der Waals surface area (Å²) < 4.78 is 14.9. The molecule has 1 fully saturated rings. The summed E-state index contributed by atoms with van der Waals surface area (Å²) in [6, 6.07) is 10.9. The van der Waals surface area contributed by atoms with E-state index in [1.807, 2.05) is 24.3 Å². The van der Waals surface area contributed by atoms with E-state index in [1.165, 1.54) is 0 Å². The van der Waals surface area contributed by atoms with Crippen LogP contribution < -0.4 is 10.8 Å². The molecular formula is C21H20FN3O2. The molecule has 1 amide bonds. The lowest BCUT2D eigenvalue weighted by Gasteiger charge is -2.23. The molecule has 138 valence electrons. The van der Waals surface area contributed by atoms with Crippen molar-refractivity contribution in [2.45, 2.75) is 25.4 Å². The Kier molecular flexibility index (Phi) is 3.95. The summed E-state index contributed by atoms with van der Waals surface area (Å²) in [6.45, 7) is 2.05. The van der Waals surface area contributed by atoms with Crippen LogP contribution >= 0.6 is 0 Å². The molecule has 2 aliphatic rings. The van der Waals surface area contributed by atoms with Crippen molar-refractivity contribution in [3.05, 3.63) is 58.9 Å². The van der Waals surface area contributed by atoms with Gasteiger partial charge in [0.1, 0.15) is 12.4 Å². The zero-order chi connectivity index (χ0) is 18.4. The summed E-state index contributed by atoms with van der Waals surface area (Å²) in [6.07, 6.45) is 2.07. The van der Waals surface area contributed by atoms with E-state index in [0.717, 1.165) is 59.2 Å². The van der Waals surface area contributed by atoms with Crippen molar-refractivity contribution in [2.24, 2.45) is 0 Å². The van der Waals surface area contributed by atoms with E-state index >= 15 is 0 Å². The maximum Gasteiger partial charge on any atom is 0.275 e. The van der Waals surface area contributed by atoms with E-state index in [9.17, 15) is 9.18 Å². The molecule has 0 unspecified atom stereocenters. The molecule has 3 aromatic rings. The highest BCUT2D eigenvalue weighted by Crippen LogP contribution is 2.36. The summed E-state index contributed by atoms with van der Waals surface area (Å²) in [7, 11) is 0. The highest BCUT2D eigenvalue weighted by molar-refractivity contribution is 6.09. The fourth-order valence-corrected chi connectivity index (χ4v) is 4.26. The Balaban J connectivity index is 1.61. The van der Waals surface area contributed by atoms with Crippen molar-refractivity contribution in [3.63, 3.8) is 0 Å². The van der Waals surface area contributed by atoms with Gasteiger partial charge in [0.05, 0.1) is 11.3 Å². The second-order valence-electron chi connectivity index (χ2n) is 7.21. The number of piperidine rings is 1. The first kappa shape index (κ1) is 16.5. The van der Waals surface area contributed by atoms with Gasteiger partial charge < -0.3 is 10.3 Å². The Labute approximate surface area is 155 Å². The van der Waals surface area contributed by atoms with Crippen LogP contribution in [0.5, 0.6) is 0 Å². The standard InChI is InChI=1S/C21H20FN3O2/c22-17-9-12(6-7-14(17)13-3-2-8-23-10-13)20-16-11-27-25-21(26)15-4-1-5-18(24-20)19(15)16/h1,4-7,9,13,23-24H,2-3,8,10-11H2,(H,25,26)/t13-/m1/s1. The highest BCUT2D eigenvalue weighted by atomic mass is 19.1. The maximum atomic E-state index is 14.9. The minimum atomic E-state index is -0.267. The average molecular weight is 365 g/mol. The molecule has 1 atom stereocenters. The fraction of sp³-hybridized carbons (Fsp3) is 0.286. The summed E-state index contributed by atoms with van der Waals surface area (Å²) in [5.74, 6) is -0.235. The van der Waals surface area contributed by atoms with Gasteiger partial charge in [-0.15, -0.1) is 0 Å². The lowest BCUT2D eigenvalue weighted by molar-refractivity contribution is 0.0256. The lowest BCUT2D eigenvalue weighted by Crippen LogP contribution is -2.28. The molecule has 0 saturated carbocycles. The van der Waals surface area contributed by atoms with E-state index in [2.05, 4.69) is 15.8 Å². The predicted octanol–water partition coefficient (Wildman–Crippen LogP) is 3.62. The van der Waals surface area contributed by atoms with Crippen molar-refractivity contribution in [2.75, 3.05) is 13.1 Å². The molecule has 6 heteroatoms. The Morgan fingerprint density at radius 3 is 2.93 bits per heavy atom. The van der Waals surface area contributed by atoms with Crippen LogP contribution in [0.1, 0.15) is 40.2 Å². The van der Waals surface area contributed by atoms with Crippen LogP contribution in [0.2, 0.25) is 0 Å². The van der Waals surface area contributed by atoms with Gasteiger partial charge >= 0.3 is 0 Å². The molecule has 5 nitrogen and oxygen atoms in total. The van der Waals surface area contributed by atoms with Gasteiger partial charge in [0.15, 0.2) is 0 Å². The van der Waals surface area contributed by atoms with Crippen LogP contribution in [-0.2, 0) is 11.4 Å². The first-order valence-electron chi connectivity index (χ1n) is 9.28. The monoisotopic (exact) mass is 365 g/mol. The minimum Gasteiger partial charge on any atom is -0.354 e. The normalized spacial score (nSPS) is 19.7. The van der Waals surface area contributed by atoms with Gasteiger partial charge in [0.2, 0.25) is 0 Å². The van der Waals surface area contributed by atoms with Crippen LogP contribution in [0.3, 0.4) is 0 Å². The molecule has 0 aliphatic carbocycles. The number of hydroxylamine groups is 1. The van der Waals surface area contributed by atoms with Gasteiger partial charge in [-0.2, -0.15) is 0 Å². The smallest absolute Gasteiger partial charge is 0.275 e. The second kappa shape index (κ2) is 6.48. The van der Waals surface area contributed by atoms with Gasteiger partial charge in [0.25, 0.3) is 5.91 Å². The van der Waals surface area contributed by atoms with E-state index in [0.29, 0.717) is 5.56 Å². The molecule has 3 heterocycles. The van der Waals surface area contributed by atoms with Crippen LogP contribution in [0.4, 0.5) is 4.39 Å². The van der Waals surface area contributed by atoms with Crippen molar-refractivity contribution in [1.29, 1.82) is 0 Å². The first-order chi connectivity index (χ1) is 13.2. The number of carbonyl (C=O) groups excluding carboxylic acids is 1. The number of H-pyrrole nitrogens is 1. The average Bonchev–Trinajstić information content (AvgIpc) is 2.98. The van der Waals surface area contributed by atoms with Crippen molar-refractivity contribution in [1.82, 2.24) is 15.8 Å². The number of hydrogen-bond acceptors (Lipinski definition) is 3. The molecule has 2 aliphatic heterocycles. The number of benzene rings is 2. The van der Waals surface area contributed by atoms with Crippen LogP contribution in [0.25, 0.3) is 22.2 Å². The molecule has 1 aromatic heterocycles. The number of halogens is 1. The first-order valence-corrected chi connectivity index (χ1v) is 9.28. The van der Waals surface area contributed by atoms with Gasteiger partial charge in [-0.1, -0.05) is 18.2 Å². The number of rotatable bonds is 2. The molecule has 0 radical (unpaired) electrons. The number of carbonyl (C=O) groups is 1. The molecule has 5 rings (SSSR count). The highest BCUT2D eigenvalue weighted by Gasteiger charge is 2.24. The lowest BCUT2D eigenvalue weighted by atomic mass is 9.90. The third-order valence-corrected chi connectivity index (χ3v) is 5.58. The zero-order valence-electron chi connectivity index (χ0n) is 14.8. The largest absolute Gasteiger partial charge is 0.354 e. The van der Waals surface area contributed by atoms with Crippen LogP contribution in [0.15, 0.2) is 36.4 Å². The molecule has 3 N–H and O–H groups in total.